The molecule has 2 aliphatic heterocycles. The van der Waals surface area contributed by atoms with Crippen molar-refractivity contribution in [2.75, 3.05) is 36.8 Å². The van der Waals surface area contributed by atoms with Crippen molar-refractivity contribution >= 4 is 35.4 Å². The molecule has 0 spiro atoms. The first-order chi connectivity index (χ1) is 14.3. The monoisotopic (exact) mass is 418 g/mol. The molecule has 0 bridgehead atoms. The second-order valence-corrected chi connectivity index (χ2v) is 7.68. The fourth-order valence-corrected chi connectivity index (χ4v) is 3.77. The van der Waals surface area contributed by atoms with Crippen molar-refractivity contribution in [2.24, 2.45) is 11.8 Å². The molecule has 0 aromatic heterocycles. The lowest BCUT2D eigenvalue weighted by Gasteiger charge is -2.31. The Hall–Kier alpha value is -3.30. The topological polar surface area (TPSA) is 139 Å². The number of piperidine rings is 2. The van der Waals surface area contributed by atoms with Crippen LogP contribution < -0.4 is 10.6 Å². The maximum absolute atomic E-state index is 12.4. The van der Waals surface area contributed by atoms with Crippen molar-refractivity contribution in [3.63, 3.8) is 0 Å². The summed E-state index contributed by atoms with van der Waals surface area (Å²) < 4.78 is 0. The number of carbonyl (C=O) groups excluding carboxylic acids is 2. The summed E-state index contributed by atoms with van der Waals surface area (Å²) in [4.78, 5) is 50.1. The predicted molar refractivity (Wildman–Crippen MR) is 108 cm³/mol. The molecule has 2 heterocycles. The number of amides is 4. The zero-order valence-electron chi connectivity index (χ0n) is 16.5. The summed E-state index contributed by atoms with van der Waals surface area (Å²) in [5, 5.41) is 23.8. The van der Waals surface area contributed by atoms with Gasteiger partial charge in [0.1, 0.15) is 0 Å². The van der Waals surface area contributed by atoms with Crippen LogP contribution >= 0.6 is 0 Å². The maximum atomic E-state index is 12.4. The first-order valence-electron chi connectivity index (χ1n) is 10.0. The van der Waals surface area contributed by atoms with E-state index < -0.39 is 23.8 Å². The first-order valence-corrected chi connectivity index (χ1v) is 10.0. The van der Waals surface area contributed by atoms with Gasteiger partial charge in [0.2, 0.25) is 0 Å². The number of nitrogens with one attached hydrogen (secondary N) is 2. The molecule has 4 amide bonds. The van der Waals surface area contributed by atoms with E-state index in [9.17, 15) is 19.2 Å². The van der Waals surface area contributed by atoms with Gasteiger partial charge in [-0.3, -0.25) is 9.59 Å². The molecular formula is C20H26N4O6. The Labute approximate surface area is 173 Å². The van der Waals surface area contributed by atoms with Gasteiger partial charge >= 0.3 is 24.0 Å². The molecule has 0 radical (unpaired) electrons. The first kappa shape index (κ1) is 21.4. The highest BCUT2D eigenvalue weighted by Gasteiger charge is 2.29. The Morgan fingerprint density at radius 1 is 0.733 bits per heavy atom. The molecule has 0 aliphatic carbocycles. The van der Waals surface area contributed by atoms with Crippen LogP contribution in [-0.2, 0) is 9.59 Å². The van der Waals surface area contributed by atoms with Crippen molar-refractivity contribution < 1.29 is 29.4 Å². The number of nitrogens with zero attached hydrogens (tertiary/aromatic N) is 2. The van der Waals surface area contributed by atoms with Crippen LogP contribution in [0.5, 0.6) is 0 Å². The second kappa shape index (κ2) is 9.47. The van der Waals surface area contributed by atoms with Gasteiger partial charge in [0.05, 0.1) is 11.8 Å². The summed E-state index contributed by atoms with van der Waals surface area (Å²) in [6.45, 7) is 1.39. The molecule has 2 fully saturated rings. The zero-order chi connectivity index (χ0) is 21.7. The summed E-state index contributed by atoms with van der Waals surface area (Å²) in [7, 11) is 0. The van der Waals surface area contributed by atoms with Gasteiger partial charge in [-0.2, -0.15) is 0 Å². The van der Waals surface area contributed by atoms with E-state index in [4.69, 9.17) is 10.2 Å². The molecule has 1 aromatic rings. The third kappa shape index (κ3) is 5.40. The number of rotatable bonds is 4. The largest absolute Gasteiger partial charge is 0.481 e. The van der Waals surface area contributed by atoms with Crippen LogP contribution in [0.4, 0.5) is 21.0 Å². The molecule has 30 heavy (non-hydrogen) atoms. The standard InChI is InChI=1S/C20H26N4O6/c25-17(26)13-3-1-9-23(11-13)19(29)21-15-5-7-16(8-6-15)22-20(30)24-10-2-4-14(12-24)18(27)28/h5-8,13-14H,1-4,9-12H2,(H,21,29)(H,22,30)(H,25,26)(H,27,28)/t13-,14-/m1/s1. The molecule has 2 atom stereocenters. The van der Waals surface area contributed by atoms with E-state index in [0.29, 0.717) is 50.1 Å². The van der Waals surface area contributed by atoms with Crippen molar-refractivity contribution in [3.8, 4) is 0 Å². The SMILES string of the molecule is O=C(O)[C@@H]1CCCN(C(=O)Nc2ccc(NC(=O)N3CCC[C@@H](C(=O)O)C3)cc2)C1. The van der Waals surface area contributed by atoms with Crippen LogP contribution in [0.2, 0.25) is 0 Å². The molecule has 1 aromatic carbocycles. The van der Waals surface area contributed by atoms with Crippen LogP contribution in [0.3, 0.4) is 0 Å². The minimum absolute atomic E-state index is 0.183. The lowest BCUT2D eigenvalue weighted by Crippen LogP contribution is -2.44. The minimum Gasteiger partial charge on any atom is -0.481 e. The lowest BCUT2D eigenvalue weighted by molar-refractivity contribution is -0.144. The fraction of sp³-hybridized carbons (Fsp3) is 0.500. The van der Waals surface area contributed by atoms with E-state index in [2.05, 4.69) is 10.6 Å². The quantitative estimate of drug-likeness (QED) is 0.592. The van der Waals surface area contributed by atoms with Crippen molar-refractivity contribution in [1.82, 2.24) is 9.80 Å². The molecule has 10 nitrogen and oxygen atoms in total. The number of urea groups is 2. The van der Waals surface area contributed by atoms with Crippen LogP contribution in [0.25, 0.3) is 0 Å². The van der Waals surface area contributed by atoms with E-state index in [0.717, 1.165) is 0 Å². The van der Waals surface area contributed by atoms with Crippen molar-refractivity contribution in [1.29, 1.82) is 0 Å². The van der Waals surface area contributed by atoms with Gasteiger partial charge < -0.3 is 30.6 Å². The average molecular weight is 418 g/mol. The predicted octanol–water partition coefficient (Wildman–Crippen LogP) is 2.34. The smallest absolute Gasteiger partial charge is 0.321 e. The molecule has 162 valence electrons. The molecule has 4 N–H and O–H groups in total. The van der Waals surface area contributed by atoms with E-state index in [1.54, 1.807) is 24.3 Å². The number of hydrogen-bond donors (Lipinski definition) is 4. The number of anilines is 2. The van der Waals surface area contributed by atoms with Gasteiger partial charge in [-0.25, -0.2) is 9.59 Å². The number of carbonyl (C=O) groups is 4. The Morgan fingerprint density at radius 2 is 1.10 bits per heavy atom. The van der Waals surface area contributed by atoms with Crippen LogP contribution in [0, 0.1) is 11.8 Å². The Kier molecular flexibility index (Phi) is 6.76. The normalized spacial score (nSPS) is 21.6. The number of carboxylic acids is 2. The van der Waals surface area contributed by atoms with Crippen molar-refractivity contribution in [2.45, 2.75) is 25.7 Å². The van der Waals surface area contributed by atoms with E-state index in [-0.39, 0.29) is 25.2 Å². The van der Waals surface area contributed by atoms with E-state index in [1.165, 1.54) is 9.80 Å². The minimum atomic E-state index is -0.893. The molecule has 0 unspecified atom stereocenters. The van der Waals surface area contributed by atoms with E-state index in [1.807, 2.05) is 0 Å². The molecule has 0 saturated carbocycles. The van der Waals surface area contributed by atoms with Crippen molar-refractivity contribution in [3.05, 3.63) is 24.3 Å². The van der Waals surface area contributed by atoms with Crippen LogP contribution in [-0.4, -0.2) is 70.2 Å². The molecule has 3 rings (SSSR count). The molecular weight excluding hydrogens is 392 g/mol. The number of carboxylic acid groups (broad SMARTS) is 2. The summed E-state index contributed by atoms with van der Waals surface area (Å²) in [6, 6.07) is 5.85. The average Bonchev–Trinajstić information content (AvgIpc) is 2.75. The van der Waals surface area contributed by atoms with Gasteiger partial charge in [0, 0.05) is 37.6 Å². The highest BCUT2D eigenvalue weighted by molar-refractivity contribution is 5.92. The number of benzene rings is 1. The third-order valence-corrected chi connectivity index (χ3v) is 5.50. The van der Waals surface area contributed by atoms with Crippen LogP contribution in [0.1, 0.15) is 25.7 Å². The van der Waals surface area contributed by atoms with Gasteiger partial charge in [0.15, 0.2) is 0 Å². The Balaban J connectivity index is 1.52. The highest BCUT2D eigenvalue weighted by atomic mass is 16.4. The molecule has 10 heteroatoms. The molecule has 2 aliphatic rings. The summed E-state index contributed by atoms with van der Waals surface area (Å²) in [5.41, 5.74) is 1.05. The number of likely N-dealkylation sites (tertiary alicyclic amines) is 2. The van der Waals surface area contributed by atoms with Gasteiger partial charge in [-0.15, -0.1) is 0 Å². The maximum Gasteiger partial charge on any atom is 0.321 e. The summed E-state index contributed by atoms with van der Waals surface area (Å²) in [6.07, 6.45) is 2.43. The van der Waals surface area contributed by atoms with Gasteiger partial charge in [0.25, 0.3) is 0 Å². The number of hydrogen-bond acceptors (Lipinski definition) is 4. The second-order valence-electron chi connectivity index (χ2n) is 7.68. The third-order valence-electron chi connectivity index (χ3n) is 5.50. The summed E-state index contributed by atoms with van der Waals surface area (Å²) >= 11 is 0. The lowest BCUT2D eigenvalue weighted by atomic mass is 9.99. The van der Waals surface area contributed by atoms with Gasteiger partial charge in [-0.1, -0.05) is 0 Å². The van der Waals surface area contributed by atoms with E-state index >= 15 is 0 Å². The molecule has 2 saturated heterocycles. The highest BCUT2D eigenvalue weighted by Crippen LogP contribution is 2.21. The fourth-order valence-electron chi connectivity index (χ4n) is 3.77. The van der Waals surface area contributed by atoms with Crippen LogP contribution in [0.15, 0.2) is 24.3 Å². The summed E-state index contributed by atoms with van der Waals surface area (Å²) in [5.74, 6) is -2.87. The zero-order valence-corrected chi connectivity index (χ0v) is 16.5. The Bertz CT molecular complexity index is 745. The number of aliphatic carboxylic acids is 2. The Morgan fingerprint density at radius 3 is 1.43 bits per heavy atom. The van der Waals surface area contributed by atoms with Gasteiger partial charge in [-0.05, 0) is 49.9 Å².